The van der Waals surface area contributed by atoms with E-state index in [2.05, 4.69) is 9.97 Å². The van der Waals surface area contributed by atoms with Crippen LogP contribution in [0.15, 0.2) is 16.4 Å². The van der Waals surface area contributed by atoms with Gasteiger partial charge in [-0.3, -0.25) is 4.79 Å². The maximum absolute atomic E-state index is 13.0. The van der Waals surface area contributed by atoms with Gasteiger partial charge in [0.1, 0.15) is 10.7 Å². The van der Waals surface area contributed by atoms with Crippen molar-refractivity contribution >= 4 is 44.5 Å². The molecule has 0 N–H and O–H groups in total. The number of thiazole rings is 1. The second-order valence-electron chi connectivity index (χ2n) is 5.01. The first-order valence-corrected chi connectivity index (χ1v) is 9.04. The number of alkyl halides is 1. The lowest BCUT2D eigenvalue weighted by Crippen LogP contribution is -2.23. The normalized spacial score (nSPS) is 14.5. The molecular weight excluding hydrogens is 326 g/mol. The Morgan fingerprint density at radius 2 is 2.19 bits per heavy atom. The molecular formula is C14H12ClN3OS2. The van der Waals surface area contributed by atoms with E-state index < -0.39 is 0 Å². The lowest BCUT2D eigenvalue weighted by atomic mass is 9.97. The first kappa shape index (κ1) is 13.4. The summed E-state index contributed by atoms with van der Waals surface area (Å²) < 4.78 is 1.57. The zero-order chi connectivity index (χ0) is 14.4. The Hall–Kier alpha value is -1.24. The molecule has 0 unspecified atom stereocenters. The predicted molar refractivity (Wildman–Crippen MR) is 87.1 cm³/mol. The second kappa shape index (κ2) is 5.19. The number of aryl methyl sites for hydroxylation is 2. The van der Waals surface area contributed by atoms with E-state index in [0.717, 1.165) is 29.5 Å². The number of hydrogen-bond acceptors (Lipinski definition) is 5. The van der Waals surface area contributed by atoms with Crippen LogP contribution in [-0.4, -0.2) is 14.5 Å². The molecule has 3 aromatic heterocycles. The molecule has 0 bridgehead atoms. The molecule has 3 heterocycles. The van der Waals surface area contributed by atoms with Gasteiger partial charge in [0.25, 0.3) is 5.56 Å². The fourth-order valence-corrected chi connectivity index (χ4v) is 4.97. The number of aromatic nitrogens is 3. The van der Waals surface area contributed by atoms with Crippen molar-refractivity contribution in [2.24, 2.45) is 0 Å². The summed E-state index contributed by atoms with van der Waals surface area (Å²) in [6.07, 6.45) is 6.07. The number of thiophene rings is 1. The Morgan fingerprint density at radius 3 is 2.95 bits per heavy atom. The van der Waals surface area contributed by atoms with E-state index in [9.17, 15) is 4.79 Å². The van der Waals surface area contributed by atoms with Gasteiger partial charge in [0.2, 0.25) is 0 Å². The highest BCUT2D eigenvalue weighted by molar-refractivity contribution is 7.18. The Bertz CT molecular complexity index is 867. The van der Waals surface area contributed by atoms with Gasteiger partial charge in [-0.05, 0) is 31.2 Å². The van der Waals surface area contributed by atoms with Gasteiger partial charge in [-0.1, -0.05) is 0 Å². The minimum Gasteiger partial charge on any atom is -0.268 e. The van der Waals surface area contributed by atoms with Crippen LogP contribution in [0.5, 0.6) is 0 Å². The van der Waals surface area contributed by atoms with Crippen LogP contribution in [0.4, 0.5) is 0 Å². The van der Waals surface area contributed by atoms with Gasteiger partial charge < -0.3 is 0 Å². The summed E-state index contributed by atoms with van der Waals surface area (Å²) >= 11 is 9.08. The Kier molecular flexibility index (Phi) is 3.32. The fourth-order valence-electron chi connectivity index (χ4n) is 2.86. The molecule has 4 nitrogen and oxygen atoms in total. The summed E-state index contributed by atoms with van der Waals surface area (Å²) in [5.74, 6) is 0.774. The highest BCUT2D eigenvalue weighted by Gasteiger charge is 2.22. The molecule has 3 aromatic rings. The minimum absolute atomic E-state index is 0.0231. The van der Waals surface area contributed by atoms with Crippen molar-refractivity contribution in [1.82, 2.24) is 14.5 Å². The van der Waals surface area contributed by atoms with Gasteiger partial charge in [-0.25, -0.2) is 14.5 Å². The molecule has 108 valence electrons. The smallest absolute Gasteiger partial charge is 0.268 e. The third-order valence-electron chi connectivity index (χ3n) is 3.79. The molecule has 0 atom stereocenters. The van der Waals surface area contributed by atoms with Crippen LogP contribution in [0.1, 0.15) is 29.1 Å². The van der Waals surface area contributed by atoms with Crippen LogP contribution in [0, 0.1) is 0 Å². The van der Waals surface area contributed by atoms with Gasteiger partial charge in [0.05, 0.1) is 11.3 Å². The largest absolute Gasteiger partial charge is 0.269 e. The maximum atomic E-state index is 13.0. The molecule has 0 fully saturated rings. The number of hydrogen-bond donors (Lipinski definition) is 0. The summed E-state index contributed by atoms with van der Waals surface area (Å²) in [6, 6.07) is 0. The van der Waals surface area contributed by atoms with E-state index in [-0.39, 0.29) is 11.4 Å². The Labute approximate surface area is 134 Å². The van der Waals surface area contributed by atoms with Crippen molar-refractivity contribution in [3.63, 3.8) is 0 Å². The quantitative estimate of drug-likeness (QED) is 0.672. The second-order valence-corrected chi connectivity index (χ2v) is 7.23. The first-order valence-electron chi connectivity index (χ1n) is 6.81. The third kappa shape index (κ3) is 2.05. The van der Waals surface area contributed by atoms with Crippen LogP contribution in [-0.2, 0) is 18.7 Å². The van der Waals surface area contributed by atoms with Gasteiger partial charge in [0, 0.05) is 16.5 Å². The van der Waals surface area contributed by atoms with Gasteiger partial charge in [-0.2, -0.15) is 0 Å². The summed E-state index contributed by atoms with van der Waals surface area (Å²) in [6.45, 7) is 0. The average molecular weight is 338 g/mol. The number of halogens is 1. The van der Waals surface area contributed by atoms with E-state index in [4.69, 9.17) is 11.6 Å². The van der Waals surface area contributed by atoms with Crippen LogP contribution < -0.4 is 5.56 Å². The molecule has 1 aliphatic carbocycles. The summed E-state index contributed by atoms with van der Waals surface area (Å²) in [4.78, 5) is 24.0. The van der Waals surface area contributed by atoms with Crippen molar-refractivity contribution in [1.29, 1.82) is 0 Å². The molecule has 0 saturated carbocycles. The van der Waals surface area contributed by atoms with Crippen molar-refractivity contribution in [2.75, 3.05) is 0 Å². The van der Waals surface area contributed by atoms with E-state index >= 15 is 0 Å². The number of nitrogens with zero attached hydrogens (tertiary/aromatic N) is 3. The van der Waals surface area contributed by atoms with Crippen LogP contribution in [0.2, 0.25) is 0 Å². The first-order chi connectivity index (χ1) is 10.3. The van der Waals surface area contributed by atoms with Crippen LogP contribution in [0.25, 0.3) is 15.3 Å². The molecule has 0 aliphatic heterocycles. The van der Waals surface area contributed by atoms with Crippen LogP contribution >= 0.6 is 34.3 Å². The maximum Gasteiger partial charge on any atom is 0.269 e. The van der Waals surface area contributed by atoms with Crippen molar-refractivity contribution in [2.45, 2.75) is 31.6 Å². The number of fused-ring (bicyclic) bond motifs is 3. The van der Waals surface area contributed by atoms with Crippen molar-refractivity contribution in [3.05, 3.63) is 38.2 Å². The van der Waals surface area contributed by atoms with Gasteiger partial charge in [0.15, 0.2) is 5.13 Å². The molecule has 0 amide bonds. The Balaban J connectivity index is 2.09. The van der Waals surface area contributed by atoms with Gasteiger partial charge in [-0.15, -0.1) is 34.3 Å². The molecule has 1 aliphatic rings. The fraction of sp³-hybridized carbons (Fsp3) is 0.357. The molecule has 7 heteroatoms. The highest BCUT2D eigenvalue weighted by atomic mass is 35.5. The SMILES string of the molecule is O=c1c2c3c(sc2nc(CCl)n1-c1nccs1)CCCC3. The van der Waals surface area contributed by atoms with Crippen LogP contribution in [0.3, 0.4) is 0 Å². The molecule has 0 aromatic carbocycles. The molecule has 4 rings (SSSR count). The summed E-state index contributed by atoms with van der Waals surface area (Å²) in [7, 11) is 0. The molecule has 0 radical (unpaired) electrons. The Morgan fingerprint density at radius 1 is 1.33 bits per heavy atom. The topological polar surface area (TPSA) is 47.8 Å². The average Bonchev–Trinajstić information content (AvgIpc) is 3.13. The summed E-state index contributed by atoms with van der Waals surface area (Å²) in [5.41, 5.74) is 1.18. The standard InChI is InChI=1S/C14H12ClN3OS2/c15-7-10-17-12-11(8-3-1-2-4-9(8)21-12)13(19)18(10)14-16-5-6-20-14/h5-6H,1-4,7H2. The monoisotopic (exact) mass is 337 g/mol. The zero-order valence-electron chi connectivity index (χ0n) is 11.1. The molecule has 0 saturated heterocycles. The summed E-state index contributed by atoms with van der Waals surface area (Å²) in [5, 5.41) is 3.27. The van der Waals surface area contributed by atoms with Crippen molar-refractivity contribution < 1.29 is 0 Å². The third-order valence-corrected chi connectivity index (χ3v) is 5.97. The lowest BCUT2D eigenvalue weighted by molar-refractivity contribution is 0.699. The van der Waals surface area contributed by atoms with E-state index in [1.54, 1.807) is 22.1 Å². The van der Waals surface area contributed by atoms with E-state index in [1.807, 2.05) is 5.38 Å². The van der Waals surface area contributed by atoms with E-state index in [0.29, 0.717) is 11.0 Å². The number of rotatable bonds is 2. The minimum atomic E-state index is -0.0231. The molecule has 0 spiro atoms. The van der Waals surface area contributed by atoms with Gasteiger partial charge >= 0.3 is 0 Å². The lowest BCUT2D eigenvalue weighted by Gasteiger charge is -2.11. The zero-order valence-corrected chi connectivity index (χ0v) is 13.5. The van der Waals surface area contributed by atoms with E-state index in [1.165, 1.54) is 28.2 Å². The highest BCUT2D eigenvalue weighted by Crippen LogP contribution is 2.34. The predicted octanol–water partition coefficient (Wildman–Crippen LogP) is 3.52. The molecule has 21 heavy (non-hydrogen) atoms. The van der Waals surface area contributed by atoms with Crippen molar-refractivity contribution in [3.8, 4) is 5.13 Å².